The van der Waals surface area contributed by atoms with Crippen molar-refractivity contribution in [1.82, 2.24) is 9.62 Å². The largest absolute Gasteiger partial charge is 0.379 e. The Morgan fingerprint density at radius 3 is 2.65 bits per heavy atom. The lowest BCUT2D eigenvalue weighted by molar-refractivity contribution is 0.0925. The molecule has 1 aromatic rings. The molecule has 0 spiro atoms. The van der Waals surface area contributed by atoms with Crippen LogP contribution in [0.3, 0.4) is 0 Å². The molecule has 0 unspecified atom stereocenters. The van der Waals surface area contributed by atoms with E-state index in [-0.39, 0.29) is 23.6 Å². The topological polar surface area (TPSA) is 75.7 Å². The molecular formula is C16H24N2O4S. The Morgan fingerprint density at radius 1 is 1.30 bits per heavy atom. The fourth-order valence-electron chi connectivity index (χ4n) is 2.59. The summed E-state index contributed by atoms with van der Waals surface area (Å²) >= 11 is 0. The first-order chi connectivity index (χ1) is 10.7. The van der Waals surface area contributed by atoms with Crippen LogP contribution < -0.4 is 5.32 Å². The van der Waals surface area contributed by atoms with Crippen molar-refractivity contribution >= 4 is 15.9 Å². The monoisotopic (exact) mass is 340 g/mol. The molecule has 2 atom stereocenters. The maximum absolute atomic E-state index is 12.5. The van der Waals surface area contributed by atoms with Gasteiger partial charge in [0.25, 0.3) is 5.91 Å². The van der Waals surface area contributed by atoms with Gasteiger partial charge in [-0.25, -0.2) is 12.7 Å². The first kappa shape index (κ1) is 17.9. The average Bonchev–Trinajstić information content (AvgIpc) is 2.88. The van der Waals surface area contributed by atoms with E-state index < -0.39 is 10.0 Å². The number of hydrogen-bond donors (Lipinski definition) is 1. The van der Waals surface area contributed by atoms with Crippen molar-refractivity contribution in [3.8, 4) is 0 Å². The van der Waals surface area contributed by atoms with Crippen LogP contribution in [0.2, 0.25) is 0 Å². The second-order valence-corrected chi connectivity index (χ2v) is 8.41. The smallest absolute Gasteiger partial charge is 0.251 e. The van der Waals surface area contributed by atoms with Gasteiger partial charge in [0, 0.05) is 25.6 Å². The summed E-state index contributed by atoms with van der Waals surface area (Å²) in [6.45, 7) is 4.54. The molecule has 1 saturated heterocycles. The number of hydrogen-bond acceptors (Lipinski definition) is 4. The Balaban J connectivity index is 2.09. The normalized spacial score (nSPS) is 21.6. The highest BCUT2D eigenvalue weighted by Crippen LogP contribution is 2.19. The van der Waals surface area contributed by atoms with Crippen molar-refractivity contribution in [2.45, 2.75) is 19.9 Å². The molecule has 1 aliphatic heterocycles. The molecule has 1 N–H and O–H groups in total. The second kappa shape index (κ2) is 6.98. The van der Waals surface area contributed by atoms with Gasteiger partial charge < -0.3 is 10.1 Å². The Morgan fingerprint density at radius 2 is 2.00 bits per heavy atom. The summed E-state index contributed by atoms with van der Waals surface area (Å²) in [6.07, 6.45) is 0. The first-order valence-electron chi connectivity index (χ1n) is 7.57. The summed E-state index contributed by atoms with van der Waals surface area (Å²) in [5.74, 6) is -0.456. The van der Waals surface area contributed by atoms with Crippen LogP contribution in [0, 0.1) is 19.8 Å². The third-order valence-corrected chi connectivity index (χ3v) is 6.31. The Labute approximate surface area is 137 Å². The molecule has 0 bridgehead atoms. The van der Waals surface area contributed by atoms with Crippen molar-refractivity contribution in [3.63, 3.8) is 0 Å². The van der Waals surface area contributed by atoms with Gasteiger partial charge in [0.2, 0.25) is 10.0 Å². The van der Waals surface area contributed by atoms with Gasteiger partial charge in [0.05, 0.1) is 25.0 Å². The van der Waals surface area contributed by atoms with E-state index >= 15 is 0 Å². The Bertz CT molecular complexity index is 685. The van der Waals surface area contributed by atoms with Gasteiger partial charge in [-0.15, -0.1) is 0 Å². The molecule has 2 rings (SSSR count). The molecule has 1 amide bonds. The van der Waals surface area contributed by atoms with Crippen LogP contribution in [-0.4, -0.2) is 57.7 Å². The van der Waals surface area contributed by atoms with E-state index in [1.165, 1.54) is 18.4 Å². The fraction of sp³-hybridized carbons (Fsp3) is 0.562. The summed E-state index contributed by atoms with van der Waals surface area (Å²) < 4.78 is 30.7. The standard InChI is InChI=1S/C16H24N2O4S/c1-11-6-5-7-14(12(11)2)16(19)17-15-9-22-8-13(15)10-23(20,21)18(3)4/h5-7,13,15H,8-10H2,1-4H3,(H,17,19)/t13-,15+/m0/s1. The molecule has 6 nitrogen and oxygen atoms in total. The number of aryl methyl sites for hydroxylation is 1. The molecular weight excluding hydrogens is 316 g/mol. The summed E-state index contributed by atoms with van der Waals surface area (Å²) in [6, 6.07) is 5.28. The summed E-state index contributed by atoms with van der Waals surface area (Å²) in [4.78, 5) is 12.5. The van der Waals surface area contributed by atoms with E-state index in [0.29, 0.717) is 18.8 Å². The maximum Gasteiger partial charge on any atom is 0.251 e. The minimum Gasteiger partial charge on any atom is -0.379 e. The predicted octanol–water partition coefficient (Wildman–Crippen LogP) is 0.940. The lowest BCUT2D eigenvalue weighted by Gasteiger charge is -2.21. The van der Waals surface area contributed by atoms with Gasteiger partial charge in [-0.05, 0) is 31.0 Å². The van der Waals surface area contributed by atoms with Crippen LogP contribution >= 0.6 is 0 Å². The number of carbonyl (C=O) groups is 1. The Kier molecular flexibility index (Phi) is 5.44. The van der Waals surface area contributed by atoms with Crippen LogP contribution in [0.25, 0.3) is 0 Å². The number of ether oxygens (including phenoxy) is 1. The summed E-state index contributed by atoms with van der Waals surface area (Å²) in [7, 11) is -0.310. The van der Waals surface area contributed by atoms with E-state index in [4.69, 9.17) is 4.74 Å². The van der Waals surface area contributed by atoms with Gasteiger partial charge in [0.15, 0.2) is 0 Å². The van der Waals surface area contributed by atoms with Crippen molar-refractivity contribution in [2.24, 2.45) is 5.92 Å². The minimum atomic E-state index is -3.33. The van der Waals surface area contributed by atoms with E-state index in [1.54, 1.807) is 6.07 Å². The van der Waals surface area contributed by atoms with E-state index in [0.717, 1.165) is 11.1 Å². The highest BCUT2D eigenvalue weighted by Gasteiger charge is 2.34. The molecule has 128 valence electrons. The number of carbonyl (C=O) groups excluding carboxylic acids is 1. The molecule has 0 aromatic heterocycles. The van der Waals surface area contributed by atoms with Crippen LogP contribution in [0.1, 0.15) is 21.5 Å². The maximum atomic E-state index is 12.5. The molecule has 23 heavy (non-hydrogen) atoms. The highest BCUT2D eigenvalue weighted by atomic mass is 32.2. The molecule has 0 radical (unpaired) electrons. The second-order valence-electron chi connectivity index (χ2n) is 6.19. The quantitative estimate of drug-likeness (QED) is 0.865. The zero-order valence-electron chi connectivity index (χ0n) is 14.0. The molecule has 7 heteroatoms. The first-order valence-corrected chi connectivity index (χ1v) is 9.18. The van der Waals surface area contributed by atoms with E-state index in [2.05, 4.69) is 5.32 Å². The minimum absolute atomic E-state index is 0.0300. The number of benzene rings is 1. The zero-order chi connectivity index (χ0) is 17.2. The zero-order valence-corrected chi connectivity index (χ0v) is 14.8. The van der Waals surface area contributed by atoms with Gasteiger partial charge in [-0.2, -0.15) is 0 Å². The van der Waals surface area contributed by atoms with E-state index in [1.807, 2.05) is 26.0 Å². The molecule has 1 heterocycles. The van der Waals surface area contributed by atoms with Crippen LogP contribution in [0.15, 0.2) is 18.2 Å². The fourth-order valence-corrected chi connectivity index (χ4v) is 3.75. The van der Waals surface area contributed by atoms with Gasteiger partial charge in [-0.1, -0.05) is 12.1 Å². The lowest BCUT2D eigenvalue weighted by Crippen LogP contribution is -2.43. The predicted molar refractivity (Wildman–Crippen MR) is 89.0 cm³/mol. The molecule has 1 fully saturated rings. The number of nitrogens with one attached hydrogen (secondary N) is 1. The van der Waals surface area contributed by atoms with Crippen LogP contribution in [-0.2, 0) is 14.8 Å². The van der Waals surface area contributed by atoms with Crippen molar-refractivity contribution in [1.29, 1.82) is 0 Å². The molecule has 0 aliphatic carbocycles. The van der Waals surface area contributed by atoms with Gasteiger partial charge in [-0.3, -0.25) is 4.79 Å². The molecule has 1 aliphatic rings. The number of amides is 1. The SMILES string of the molecule is Cc1cccc(C(=O)N[C@@H]2COC[C@H]2CS(=O)(=O)N(C)C)c1C. The van der Waals surface area contributed by atoms with Crippen molar-refractivity contribution < 1.29 is 17.9 Å². The van der Waals surface area contributed by atoms with Crippen LogP contribution in [0.5, 0.6) is 0 Å². The molecule has 1 aromatic carbocycles. The van der Waals surface area contributed by atoms with Gasteiger partial charge in [0.1, 0.15) is 0 Å². The van der Waals surface area contributed by atoms with Crippen molar-refractivity contribution in [3.05, 3.63) is 34.9 Å². The van der Waals surface area contributed by atoms with Crippen LogP contribution in [0.4, 0.5) is 0 Å². The lowest BCUT2D eigenvalue weighted by atomic mass is 10.0. The van der Waals surface area contributed by atoms with Crippen molar-refractivity contribution in [2.75, 3.05) is 33.1 Å². The van der Waals surface area contributed by atoms with Gasteiger partial charge >= 0.3 is 0 Å². The number of nitrogens with zero attached hydrogens (tertiary/aromatic N) is 1. The third-order valence-electron chi connectivity index (χ3n) is 4.35. The Hall–Kier alpha value is -1.44. The third kappa shape index (κ3) is 4.10. The summed E-state index contributed by atoms with van der Waals surface area (Å²) in [5.41, 5.74) is 2.60. The van der Waals surface area contributed by atoms with E-state index in [9.17, 15) is 13.2 Å². The number of sulfonamides is 1. The number of rotatable bonds is 5. The molecule has 0 saturated carbocycles. The summed E-state index contributed by atoms with van der Waals surface area (Å²) in [5, 5.41) is 2.93. The highest BCUT2D eigenvalue weighted by molar-refractivity contribution is 7.89. The average molecular weight is 340 g/mol.